The van der Waals surface area contributed by atoms with Gasteiger partial charge >= 0.3 is 5.76 Å². The zero-order valence-corrected chi connectivity index (χ0v) is 13.6. The molecule has 2 heterocycles. The topological polar surface area (TPSA) is 97.4 Å². The second kappa shape index (κ2) is 7.76. The minimum absolute atomic E-state index is 0.0640. The minimum atomic E-state index is -0.566. The fourth-order valence-corrected chi connectivity index (χ4v) is 2.64. The maximum atomic E-state index is 12.2. The highest BCUT2D eigenvalue weighted by Crippen LogP contribution is 2.11. The molecule has 0 saturated carbocycles. The van der Waals surface area contributed by atoms with E-state index in [9.17, 15) is 14.7 Å². The van der Waals surface area contributed by atoms with Gasteiger partial charge in [-0.3, -0.25) is 14.3 Å². The summed E-state index contributed by atoms with van der Waals surface area (Å²) in [6.45, 7) is 0.111. The summed E-state index contributed by atoms with van der Waals surface area (Å²) in [5, 5.41) is 12.2. The minimum Gasteiger partial charge on any atom is -0.408 e. The summed E-state index contributed by atoms with van der Waals surface area (Å²) < 4.78 is 6.39. The Bertz CT molecular complexity index is 901. The second-order valence-corrected chi connectivity index (χ2v) is 5.80. The van der Waals surface area contributed by atoms with Crippen molar-refractivity contribution in [2.75, 3.05) is 13.2 Å². The molecule has 7 heteroatoms. The highest BCUT2D eigenvalue weighted by Gasteiger charge is 2.14. The molecule has 25 heavy (non-hydrogen) atoms. The van der Waals surface area contributed by atoms with Gasteiger partial charge in [-0.05, 0) is 30.7 Å². The largest absolute Gasteiger partial charge is 0.420 e. The smallest absolute Gasteiger partial charge is 0.408 e. The molecule has 0 aliphatic carbocycles. The van der Waals surface area contributed by atoms with Crippen molar-refractivity contribution < 1.29 is 14.3 Å². The van der Waals surface area contributed by atoms with E-state index in [1.165, 1.54) is 4.57 Å². The molecule has 0 aliphatic heterocycles. The van der Waals surface area contributed by atoms with E-state index in [-0.39, 0.29) is 25.0 Å². The lowest BCUT2D eigenvalue weighted by Crippen LogP contribution is -2.35. The average Bonchev–Trinajstić information content (AvgIpc) is 2.95. The summed E-state index contributed by atoms with van der Waals surface area (Å²) in [6.07, 6.45) is 2.25. The van der Waals surface area contributed by atoms with Crippen LogP contribution in [-0.2, 0) is 17.8 Å². The Morgan fingerprint density at radius 1 is 1.24 bits per heavy atom. The predicted octanol–water partition coefficient (Wildman–Crippen LogP) is 0.957. The molecule has 1 amide bonds. The van der Waals surface area contributed by atoms with Crippen LogP contribution in [0.3, 0.4) is 0 Å². The van der Waals surface area contributed by atoms with Crippen molar-refractivity contribution in [2.24, 2.45) is 5.92 Å². The molecule has 0 radical (unpaired) electrons. The molecule has 0 fully saturated rings. The Kier molecular flexibility index (Phi) is 5.25. The van der Waals surface area contributed by atoms with Gasteiger partial charge in [-0.1, -0.05) is 18.2 Å². The van der Waals surface area contributed by atoms with Gasteiger partial charge in [-0.15, -0.1) is 0 Å². The molecule has 0 aliphatic rings. The van der Waals surface area contributed by atoms with E-state index in [4.69, 9.17) is 4.42 Å². The molecule has 0 spiro atoms. The normalized spacial score (nSPS) is 12.2. The summed E-state index contributed by atoms with van der Waals surface area (Å²) in [6, 6.07) is 12.5. The monoisotopic (exact) mass is 341 g/mol. The maximum absolute atomic E-state index is 12.2. The Hall–Kier alpha value is -2.93. The number of carbonyl (C=O) groups is 1. The van der Waals surface area contributed by atoms with Crippen molar-refractivity contribution in [3.8, 4) is 0 Å². The number of oxazole rings is 1. The van der Waals surface area contributed by atoms with Gasteiger partial charge in [0.2, 0.25) is 5.91 Å². The number of benzene rings is 1. The number of aliphatic hydroxyl groups is 1. The number of amides is 1. The first-order valence-corrected chi connectivity index (χ1v) is 8.03. The molecule has 3 aromatic rings. The molecule has 7 nitrogen and oxygen atoms in total. The number of nitrogens with one attached hydrogen (secondary N) is 1. The summed E-state index contributed by atoms with van der Waals surface area (Å²) in [5.41, 5.74) is 1.88. The fourth-order valence-electron chi connectivity index (χ4n) is 2.64. The molecule has 2 N–H and O–H groups in total. The van der Waals surface area contributed by atoms with E-state index in [0.29, 0.717) is 24.1 Å². The third-order valence-electron chi connectivity index (χ3n) is 3.95. The van der Waals surface area contributed by atoms with Gasteiger partial charge in [0.15, 0.2) is 5.58 Å². The molecule has 130 valence electrons. The Labute approximate surface area is 143 Å². The van der Waals surface area contributed by atoms with Crippen molar-refractivity contribution in [2.45, 2.75) is 13.0 Å². The number of para-hydroxylation sites is 2. The van der Waals surface area contributed by atoms with Crippen molar-refractivity contribution in [1.82, 2.24) is 14.9 Å². The van der Waals surface area contributed by atoms with Crippen LogP contribution in [0.25, 0.3) is 11.1 Å². The number of aliphatic hydroxyl groups excluding tert-OH is 1. The Balaban J connectivity index is 1.60. The van der Waals surface area contributed by atoms with Gasteiger partial charge in [0.05, 0.1) is 5.52 Å². The SMILES string of the molecule is O=C(Cn1c(=O)oc2ccccc21)NCC(CO)Cc1ccccn1. The number of aromatic nitrogens is 2. The molecule has 1 aromatic carbocycles. The van der Waals surface area contributed by atoms with Gasteiger partial charge in [-0.2, -0.15) is 0 Å². The van der Waals surface area contributed by atoms with Crippen molar-refractivity contribution in [1.29, 1.82) is 0 Å². The Morgan fingerprint density at radius 2 is 2.04 bits per heavy atom. The van der Waals surface area contributed by atoms with Crippen LogP contribution < -0.4 is 11.1 Å². The van der Waals surface area contributed by atoms with E-state index >= 15 is 0 Å². The van der Waals surface area contributed by atoms with Crippen molar-refractivity contribution >= 4 is 17.0 Å². The summed E-state index contributed by atoms with van der Waals surface area (Å²) in [4.78, 5) is 28.3. The average molecular weight is 341 g/mol. The lowest BCUT2D eigenvalue weighted by molar-refractivity contribution is -0.121. The van der Waals surface area contributed by atoms with Crippen LogP contribution in [0.15, 0.2) is 57.9 Å². The van der Waals surface area contributed by atoms with Crippen LogP contribution >= 0.6 is 0 Å². The standard InChI is InChI=1S/C18H19N3O4/c22-12-13(9-14-5-3-4-8-19-14)10-20-17(23)11-21-15-6-1-2-7-16(15)25-18(21)24/h1-8,13,22H,9-12H2,(H,20,23). The van der Waals surface area contributed by atoms with E-state index in [0.717, 1.165) is 5.69 Å². The summed E-state index contributed by atoms with van der Waals surface area (Å²) in [5.74, 6) is -1.02. The molecule has 1 unspecified atom stereocenters. The van der Waals surface area contributed by atoms with Gasteiger partial charge in [0.25, 0.3) is 0 Å². The van der Waals surface area contributed by atoms with E-state index in [1.54, 1.807) is 30.5 Å². The number of hydrogen-bond donors (Lipinski definition) is 2. The summed E-state index contributed by atoms with van der Waals surface area (Å²) >= 11 is 0. The first-order valence-electron chi connectivity index (χ1n) is 8.03. The fraction of sp³-hybridized carbons (Fsp3) is 0.278. The predicted molar refractivity (Wildman–Crippen MR) is 92.0 cm³/mol. The van der Waals surface area contributed by atoms with Crippen LogP contribution in [0.1, 0.15) is 5.69 Å². The van der Waals surface area contributed by atoms with Crippen molar-refractivity contribution in [3.63, 3.8) is 0 Å². The molecule has 0 saturated heterocycles. The Morgan fingerprint density at radius 3 is 2.80 bits per heavy atom. The zero-order chi connectivity index (χ0) is 17.6. The van der Waals surface area contributed by atoms with E-state index < -0.39 is 5.76 Å². The molecule has 2 aromatic heterocycles. The highest BCUT2D eigenvalue weighted by molar-refractivity contribution is 5.79. The third kappa shape index (κ3) is 4.13. The number of carbonyl (C=O) groups excluding carboxylic acids is 1. The third-order valence-corrected chi connectivity index (χ3v) is 3.95. The molecule has 3 rings (SSSR count). The number of pyridine rings is 1. The summed E-state index contributed by atoms with van der Waals surface area (Å²) in [7, 11) is 0. The van der Waals surface area contributed by atoms with Crippen LogP contribution in [0.4, 0.5) is 0 Å². The van der Waals surface area contributed by atoms with Crippen LogP contribution in [0.5, 0.6) is 0 Å². The number of nitrogens with zero attached hydrogens (tertiary/aromatic N) is 2. The van der Waals surface area contributed by atoms with E-state index in [1.807, 2.05) is 18.2 Å². The maximum Gasteiger partial charge on any atom is 0.420 e. The van der Waals surface area contributed by atoms with Crippen molar-refractivity contribution in [3.05, 3.63) is 64.9 Å². The number of fused-ring (bicyclic) bond motifs is 1. The lowest BCUT2D eigenvalue weighted by Gasteiger charge is -2.14. The van der Waals surface area contributed by atoms with Gasteiger partial charge in [-0.25, -0.2) is 4.79 Å². The quantitative estimate of drug-likeness (QED) is 0.667. The van der Waals surface area contributed by atoms with Crippen LogP contribution in [0, 0.1) is 5.92 Å². The first kappa shape index (κ1) is 16.9. The molecule has 1 atom stereocenters. The van der Waals surface area contributed by atoms with Crippen LogP contribution in [-0.4, -0.2) is 33.7 Å². The molecular weight excluding hydrogens is 322 g/mol. The molecule has 0 bridgehead atoms. The number of hydrogen-bond acceptors (Lipinski definition) is 5. The number of rotatable bonds is 7. The van der Waals surface area contributed by atoms with Gasteiger partial charge < -0.3 is 14.8 Å². The first-order chi connectivity index (χ1) is 12.2. The molecular formula is C18H19N3O4. The lowest BCUT2D eigenvalue weighted by atomic mass is 10.0. The van der Waals surface area contributed by atoms with Crippen LogP contribution in [0.2, 0.25) is 0 Å². The zero-order valence-electron chi connectivity index (χ0n) is 13.6. The highest BCUT2D eigenvalue weighted by atomic mass is 16.4. The van der Waals surface area contributed by atoms with Gasteiger partial charge in [0.1, 0.15) is 6.54 Å². The van der Waals surface area contributed by atoms with Gasteiger partial charge in [0, 0.05) is 31.0 Å². The van der Waals surface area contributed by atoms with E-state index in [2.05, 4.69) is 10.3 Å². The second-order valence-electron chi connectivity index (χ2n) is 5.80.